The van der Waals surface area contributed by atoms with Gasteiger partial charge in [-0.3, -0.25) is 0 Å². The molecule has 2 heteroatoms. The number of benzene rings is 1. The zero-order valence-corrected chi connectivity index (χ0v) is 28.4. The lowest BCUT2D eigenvalue weighted by Crippen LogP contribution is -2.37. The van der Waals surface area contributed by atoms with Gasteiger partial charge < -0.3 is 0 Å². The van der Waals surface area contributed by atoms with Crippen molar-refractivity contribution in [2.45, 2.75) is 200 Å². The molecule has 1 aromatic heterocycles. The predicted octanol–water partition coefficient (Wildman–Crippen LogP) is 12.5. The van der Waals surface area contributed by atoms with Crippen LogP contribution in [0.2, 0.25) is 0 Å². The van der Waals surface area contributed by atoms with Crippen molar-refractivity contribution in [1.29, 1.82) is 0 Å². The van der Waals surface area contributed by atoms with Crippen LogP contribution in [0, 0.1) is 0 Å². The Kier molecular flexibility index (Phi) is 23.6. The number of aromatic nitrogens is 2. The van der Waals surface area contributed by atoms with Crippen LogP contribution in [0.15, 0.2) is 42.7 Å². The first-order valence-corrected chi connectivity index (χ1v) is 19.0. The van der Waals surface area contributed by atoms with Crippen LogP contribution >= 0.6 is 0 Å². The summed E-state index contributed by atoms with van der Waals surface area (Å²) in [6, 6.07) is 11.0. The lowest BCUT2D eigenvalue weighted by molar-refractivity contribution is -0.704. The Morgan fingerprint density at radius 3 is 1.33 bits per heavy atom. The number of rotatable bonds is 30. The van der Waals surface area contributed by atoms with Gasteiger partial charge in [-0.1, -0.05) is 192 Å². The summed E-state index contributed by atoms with van der Waals surface area (Å²) in [5.74, 6) is 1.54. The summed E-state index contributed by atoms with van der Waals surface area (Å²) in [4.78, 5) is 0. The Balaban J connectivity index is 1.58. The van der Waals surface area contributed by atoms with Crippen LogP contribution in [0.5, 0.6) is 0 Å². The summed E-state index contributed by atoms with van der Waals surface area (Å²) in [7, 11) is 0. The number of hydrogen-bond acceptors (Lipinski definition) is 0. The largest absolute Gasteiger partial charge is 0.256 e. The molecule has 0 radical (unpaired) electrons. The van der Waals surface area contributed by atoms with Crippen LogP contribution in [0.1, 0.15) is 192 Å². The van der Waals surface area contributed by atoms with E-state index in [2.05, 4.69) is 65.7 Å². The first-order valence-electron chi connectivity index (χ1n) is 19.0. The van der Waals surface area contributed by atoms with Crippen molar-refractivity contribution in [2.75, 3.05) is 0 Å². The van der Waals surface area contributed by atoms with Gasteiger partial charge in [-0.15, -0.1) is 0 Å². The van der Waals surface area contributed by atoms with Gasteiger partial charge in [-0.05, 0) is 24.8 Å². The summed E-state index contributed by atoms with van der Waals surface area (Å²) < 4.78 is 5.11. The maximum absolute atomic E-state index is 2.58. The van der Waals surface area contributed by atoms with E-state index in [9.17, 15) is 0 Å². The van der Waals surface area contributed by atoms with Gasteiger partial charge in [0, 0.05) is 6.42 Å². The molecule has 1 heterocycles. The second-order valence-corrected chi connectivity index (χ2v) is 13.3. The van der Waals surface area contributed by atoms with Gasteiger partial charge >= 0.3 is 0 Å². The summed E-state index contributed by atoms with van der Waals surface area (Å²) >= 11 is 0. The molecule has 0 saturated heterocycles. The molecule has 2 aromatic rings. The van der Waals surface area contributed by atoms with Gasteiger partial charge in [0.1, 0.15) is 18.9 Å². The third-order valence-electron chi connectivity index (χ3n) is 9.29. The fourth-order valence-electron chi connectivity index (χ4n) is 6.51. The zero-order chi connectivity index (χ0) is 29.8. The Morgan fingerprint density at radius 1 is 0.476 bits per heavy atom. The van der Waals surface area contributed by atoms with Crippen LogP contribution in [-0.2, 0) is 19.5 Å². The van der Waals surface area contributed by atoms with E-state index < -0.39 is 0 Å². The van der Waals surface area contributed by atoms with Crippen molar-refractivity contribution in [3.8, 4) is 0 Å². The second kappa shape index (κ2) is 27.0. The highest BCUT2D eigenvalue weighted by Crippen LogP contribution is 2.15. The lowest BCUT2D eigenvalue weighted by atomic mass is 10.0. The molecule has 0 amide bonds. The van der Waals surface area contributed by atoms with E-state index in [-0.39, 0.29) is 0 Å². The number of aryl methyl sites for hydroxylation is 1. The maximum atomic E-state index is 2.58. The van der Waals surface area contributed by atoms with Gasteiger partial charge in [0.25, 0.3) is 5.82 Å². The van der Waals surface area contributed by atoms with Gasteiger partial charge in [0.15, 0.2) is 0 Å². The third-order valence-corrected chi connectivity index (χ3v) is 9.29. The van der Waals surface area contributed by atoms with Crippen molar-refractivity contribution in [2.24, 2.45) is 0 Å². The van der Waals surface area contributed by atoms with Crippen molar-refractivity contribution < 1.29 is 4.57 Å². The fraction of sp³-hybridized carbons (Fsp3) is 0.775. The Morgan fingerprint density at radius 2 is 0.881 bits per heavy atom. The highest BCUT2D eigenvalue weighted by molar-refractivity contribution is 5.15. The summed E-state index contributed by atoms with van der Waals surface area (Å²) in [5, 5.41) is 0. The van der Waals surface area contributed by atoms with Crippen LogP contribution in [0.4, 0.5) is 0 Å². The molecule has 1 aromatic carbocycles. The Bertz CT molecular complexity index is 823. The van der Waals surface area contributed by atoms with E-state index in [1.165, 1.54) is 185 Å². The van der Waals surface area contributed by atoms with E-state index in [0.717, 1.165) is 6.54 Å². The molecule has 42 heavy (non-hydrogen) atoms. The maximum Gasteiger partial charge on any atom is 0.256 e. The van der Waals surface area contributed by atoms with Crippen molar-refractivity contribution >= 4 is 0 Å². The molecule has 0 atom stereocenters. The monoisotopic (exact) mass is 580 g/mol. The molecule has 0 aliphatic rings. The van der Waals surface area contributed by atoms with E-state index in [0.29, 0.717) is 0 Å². The standard InChI is InChI=1S/C40H71N2/c1-3-5-7-9-11-13-15-16-17-18-19-20-22-24-26-31-35-41-36-37-42(38-39-32-28-27-29-33-39)40(41)34-30-25-23-21-14-12-10-8-6-4-2/h27-29,32-33,36-37H,3-26,30-31,34-35,38H2,1-2H3/q+1. The number of imidazole rings is 1. The molecule has 2 nitrogen and oxygen atoms in total. The molecular weight excluding hydrogens is 508 g/mol. The first-order chi connectivity index (χ1) is 20.8. The molecule has 0 spiro atoms. The Hall–Kier alpha value is -1.57. The number of unbranched alkanes of at least 4 members (excludes halogenated alkanes) is 24. The van der Waals surface area contributed by atoms with Gasteiger partial charge in [0.2, 0.25) is 0 Å². The van der Waals surface area contributed by atoms with Crippen LogP contribution in [-0.4, -0.2) is 4.57 Å². The highest BCUT2D eigenvalue weighted by Gasteiger charge is 2.17. The Labute approximate surface area is 263 Å². The predicted molar refractivity (Wildman–Crippen MR) is 185 cm³/mol. The summed E-state index contributed by atoms with van der Waals surface area (Å²) in [6.45, 7) is 6.80. The van der Waals surface area contributed by atoms with Crippen molar-refractivity contribution in [3.63, 3.8) is 0 Å². The van der Waals surface area contributed by atoms with Crippen LogP contribution in [0.25, 0.3) is 0 Å². The van der Waals surface area contributed by atoms with E-state index >= 15 is 0 Å². The molecule has 240 valence electrons. The van der Waals surface area contributed by atoms with Gasteiger partial charge in [-0.25, -0.2) is 9.13 Å². The molecule has 2 rings (SSSR count). The zero-order valence-electron chi connectivity index (χ0n) is 28.4. The quantitative estimate of drug-likeness (QED) is 0.0643. The van der Waals surface area contributed by atoms with Crippen LogP contribution in [0.3, 0.4) is 0 Å². The van der Waals surface area contributed by atoms with Gasteiger partial charge in [-0.2, -0.15) is 0 Å². The molecule has 0 aliphatic heterocycles. The lowest BCUT2D eigenvalue weighted by Gasteiger charge is -2.07. The van der Waals surface area contributed by atoms with Crippen LogP contribution < -0.4 is 4.57 Å². The molecule has 0 N–H and O–H groups in total. The average molecular weight is 580 g/mol. The van der Waals surface area contributed by atoms with E-state index in [1.54, 1.807) is 5.82 Å². The third kappa shape index (κ3) is 18.9. The van der Waals surface area contributed by atoms with Crippen molar-refractivity contribution in [3.05, 3.63) is 54.1 Å². The smallest absolute Gasteiger partial charge is 0.234 e. The van der Waals surface area contributed by atoms with E-state index in [1.807, 2.05) is 0 Å². The average Bonchev–Trinajstić information content (AvgIpc) is 3.39. The molecule has 0 unspecified atom stereocenters. The minimum absolute atomic E-state index is 1.000. The second-order valence-electron chi connectivity index (χ2n) is 13.3. The number of nitrogens with zero attached hydrogens (tertiary/aromatic N) is 2. The minimum atomic E-state index is 1.000. The highest BCUT2D eigenvalue weighted by atomic mass is 15.1. The molecular formula is C40H71N2+. The summed E-state index contributed by atoms with van der Waals surface area (Å²) in [5.41, 5.74) is 1.41. The minimum Gasteiger partial charge on any atom is -0.234 e. The van der Waals surface area contributed by atoms with Crippen molar-refractivity contribution in [1.82, 2.24) is 4.57 Å². The molecule has 0 fully saturated rings. The fourth-order valence-corrected chi connectivity index (χ4v) is 6.51. The van der Waals surface area contributed by atoms with E-state index in [4.69, 9.17) is 0 Å². The summed E-state index contributed by atoms with van der Waals surface area (Å²) in [6.07, 6.45) is 43.0. The molecule has 0 saturated carbocycles. The topological polar surface area (TPSA) is 8.81 Å². The molecule has 0 bridgehead atoms. The SMILES string of the molecule is CCCCCCCCCCCCCCCCCC[n+]1ccn(Cc2ccccc2)c1CCCCCCCCCCCC. The normalized spacial score (nSPS) is 11.5. The van der Waals surface area contributed by atoms with Gasteiger partial charge in [0.05, 0.1) is 6.54 Å². The first kappa shape index (κ1) is 36.6. The number of hydrogen-bond donors (Lipinski definition) is 0. The molecule has 0 aliphatic carbocycles.